The number of unbranched alkanes of at least 4 members (excludes halogenated alkanes) is 1. The van der Waals surface area contributed by atoms with Gasteiger partial charge in [-0.05, 0) is 48.4 Å². The van der Waals surface area contributed by atoms with E-state index in [2.05, 4.69) is 0 Å². The number of amides is 1. The fourth-order valence-corrected chi connectivity index (χ4v) is 3.37. The zero-order chi connectivity index (χ0) is 20.3. The van der Waals surface area contributed by atoms with E-state index in [1.165, 1.54) is 30.2 Å². The van der Waals surface area contributed by atoms with Crippen LogP contribution in [0.1, 0.15) is 36.9 Å². The maximum Gasteiger partial charge on any atom is 0.295 e. The van der Waals surface area contributed by atoms with Crippen molar-refractivity contribution in [3.05, 3.63) is 71.0 Å². The molecule has 1 fully saturated rings. The van der Waals surface area contributed by atoms with Crippen molar-refractivity contribution in [2.24, 2.45) is 0 Å². The maximum absolute atomic E-state index is 13.8. The number of aliphatic hydroxyl groups is 1. The summed E-state index contributed by atoms with van der Waals surface area (Å²) in [5.41, 5.74) is 0.804. The number of carbonyl (C=O) groups excluding carboxylic acids is 2. The number of hydrogen-bond donors (Lipinski definition) is 1. The summed E-state index contributed by atoms with van der Waals surface area (Å²) < 4.78 is 19.0. The van der Waals surface area contributed by atoms with Crippen molar-refractivity contribution >= 4 is 17.4 Å². The average Bonchev–Trinajstić information content (AvgIpc) is 2.96. The summed E-state index contributed by atoms with van der Waals surface area (Å²) in [6.45, 7) is 2.33. The highest BCUT2D eigenvalue weighted by atomic mass is 19.1. The molecule has 2 aromatic rings. The summed E-state index contributed by atoms with van der Waals surface area (Å²) in [6.07, 6.45) is 1.53. The molecule has 0 bridgehead atoms. The van der Waals surface area contributed by atoms with Gasteiger partial charge in [0.1, 0.15) is 17.3 Å². The van der Waals surface area contributed by atoms with E-state index in [9.17, 15) is 19.1 Å². The maximum atomic E-state index is 13.8. The quantitative estimate of drug-likeness (QED) is 0.464. The second kappa shape index (κ2) is 8.25. The van der Waals surface area contributed by atoms with Crippen molar-refractivity contribution in [3.63, 3.8) is 0 Å². The Kier molecular flexibility index (Phi) is 5.78. The van der Waals surface area contributed by atoms with E-state index in [-0.39, 0.29) is 11.3 Å². The molecule has 0 unspecified atom stereocenters. The zero-order valence-electron chi connectivity index (χ0n) is 15.8. The highest BCUT2D eigenvalue weighted by Crippen LogP contribution is 2.39. The van der Waals surface area contributed by atoms with Crippen LogP contribution in [0, 0.1) is 5.82 Å². The second-order valence-electron chi connectivity index (χ2n) is 6.63. The molecule has 1 aliphatic heterocycles. The highest BCUT2D eigenvalue weighted by molar-refractivity contribution is 6.46. The first kappa shape index (κ1) is 19.6. The molecule has 0 aromatic heterocycles. The average molecular weight is 383 g/mol. The summed E-state index contributed by atoms with van der Waals surface area (Å²) >= 11 is 0. The molecule has 5 nitrogen and oxygen atoms in total. The smallest absolute Gasteiger partial charge is 0.295 e. The third-order valence-corrected chi connectivity index (χ3v) is 4.82. The molecule has 1 N–H and O–H groups in total. The van der Waals surface area contributed by atoms with E-state index < -0.39 is 23.5 Å². The van der Waals surface area contributed by atoms with Crippen LogP contribution in [0.3, 0.4) is 0 Å². The van der Waals surface area contributed by atoms with E-state index in [1.54, 1.807) is 30.3 Å². The highest BCUT2D eigenvalue weighted by Gasteiger charge is 2.45. The van der Waals surface area contributed by atoms with Gasteiger partial charge in [0.2, 0.25) is 0 Å². The number of benzene rings is 2. The number of carbonyl (C=O) groups is 2. The third-order valence-electron chi connectivity index (χ3n) is 4.82. The van der Waals surface area contributed by atoms with E-state index in [0.717, 1.165) is 6.42 Å². The van der Waals surface area contributed by atoms with Crippen LogP contribution in [0.25, 0.3) is 5.76 Å². The van der Waals surface area contributed by atoms with Gasteiger partial charge in [-0.3, -0.25) is 9.59 Å². The molecule has 6 heteroatoms. The predicted molar refractivity (Wildman–Crippen MR) is 103 cm³/mol. The van der Waals surface area contributed by atoms with Gasteiger partial charge in [-0.25, -0.2) is 4.39 Å². The fourth-order valence-electron chi connectivity index (χ4n) is 3.37. The Morgan fingerprint density at radius 1 is 1.18 bits per heavy atom. The van der Waals surface area contributed by atoms with Gasteiger partial charge < -0.3 is 14.7 Å². The number of nitrogens with zero attached hydrogens (tertiary/aromatic N) is 1. The summed E-state index contributed by atoms with van der Waals surface area (Å²) in [5.74, 6) is -1.60. The lowest BCUT2D eigenvalue weighted by atomic mass is 9.95. The summed E-state index contributed by atoms with van der Waals surface area (Å²) in [4.78, 5) is 26.8. The molecule has 0 saturated carbocycles. The first-order valence-electron chi connectivity index (χ1n) is 9.16. The third kappa shape index (κ3) is 3.63. The molecule has 0 radical (unpaired) electrons. The SMILES string of the molecule is CCCCN1C(=O)C(=O)/C(=C(/O)c2ccc(OC)cc2)[C@H]1c1cccc(F)c1. The van der Waals surface area contributed by atoms with Gasteiger partial charge >= 0.3 is 0 Å². The van der Waals surface area contributed by atoms with Gasteiger partial charge in [0.25, 0.3) is 11.7 Å². The normalized spacial score (nSPS) is 18.5. The van der Waals surface area contributed by atoms with Gasteiger partial charge in [0, 0.05) is 12.1 Å². The number of likely N-dealkylation sites (tertiary alicyclic amines) is 1. The van der Waals surface area contributed by atoms with Crippen LogP contribution in [0.4, 0.5) is 4.39 Å². The van der Waals surface area contributed by atoms with Gasteiger partial charge in [0.15, 0.2) is 0 Å². The van der Waals surface area contributed by atoms with Gasteiger partial charge in [-0.15, -0.1) is 0 Å². The van der Waals surface area contributed by atoms with Crippen molar-refractivity contribution in [2.45, 2.75) is 25.8 Å². The van der Waals surface area contributed by atoms with E-state index >= 15 is 0 Å². The molecular formula is C22H22FNO4. The summed E-state index contributed by atoms with van der Waals surface area (Å²) in [7, 11) is 1.53. The molecule has 1 amide bonds. The lowest BCUT2D eigenvalue weighted by Crippen LogP contribution is -2.30. The van der Waals surface area contributed by atoms with E-state index in [1.807, 2.05) is 6.92 Å². The van der Waals surface area contributed by atoms with Crippen LogP contribution in [0.2, 0.25) is 0 Å². The van der Waals surface area contributed by atoms with Gasteiger partial charge in [-0.1, -0.05) is 25.5 Å². The fraction of sp³-hybridized carbons (Fsp3) is 0.273. The minimum Gasteiger partial charge on any atom is -0.507 e. The topological polar surface area (TPSA) is 66.8 Å². The molecule has 0 aliphatic carbocycles. The molecule has 1 atom stereocenters. The van der Waals surface area contributed by atoms with Gasteiger partial charge in [0.05, 0.1) is 18.7 Å². The number of rotatable bonds is 6. The van der Waals surface area contributed by atoms with Crippen molar-refractivity contribution in [2.75, 3.05) is 13.7 Å². The number of Topliss-reactive ketones (excluding diaryl/α,β-unsaturated/α-hetero) is 1. The van der Waals surface area contributed by atoms with Crippen molar-refractivity contribution in [3.8, 4) is 5.75 Å². The Labute approximate surface area is 163 Å². The number of halogens is 1. The largest absolute Gasteiger partial charge is 0.507 e. The minimum atomic E-state index is -0.829. The molecule has 1 aliphatic rings. The molecule has 2 aromatic carbocycles. The van der Waals surface area contributed by atoms with Crippen LogP contribution >= 0.6 is 0 Å². The predicted octanol–water partition coefficient (Wildman–Crippen LogP) is 4.06. The van der Waals surface area contributed by atoms with Crippen LogP contribution in [-0.2, 0) is 9.59 Å². The lowest BCUT2D eigenvalue weighted by Gasteiger charge is -2.25. The monoisotopic (exact) mass is 383 g/mol. The molecule has 0 spiro atoms. The minimum absolute atomic E-state index is 0.0307. The first-order chi connectivity index (χ1) is 13.5. The summed E-state index contributed by atoms with van der Waals surface area (Å²) in [6, 6.07) is 11.5. The second-order valence-corrected chi connectivity index (χ2v) is 6.63. The molecule has 28 heavy (non-hydrogen) atoms. The Morgan fingerprint density at radius 2 is 1.89 bits per heavy atom. The standard InChI is InChI=1S/C22H22FNO4/c1-3-4-12-24-19(15-6-5-7-16(23)13-15)18(21(26)22(24)27)20(25)14-8-10-17(28-2)11-9-14/h5-11,13,19,25H,3-4,12H2,1-2H3/b20-18+/t19-/m1/s1. The first-order valence-corrected chi connectivity index (χ1v) is 9.16. The Bertz CT molecular complexity index is 920. The van der Waals surface area contributed by atoms with Crippen LogP contribution < -0.4 is 4.74 Å². The number of hydrogen-bond acceptors (Lipinski definition) is 4. The number of ether oxygens (including phenoxy) is 1. The van der Waals surface area contributed by atoms with Crippen molar-refractivity contribution in [1.82, 2.24) is 4.90 Å². The van der Waals surface area contributed by atoms with Crippen LogP contribution in [0.5, 0.6) is 5.75 Å². The van der Waals surface area contributed by atoms with E-state index in [4.69, 9.17) is 4.74 Å². The molecule has 3 rings (SSSR count). The van der Waals surface area contributed by atoms with Crippen LogP contribution in [-0.4, -0.2) is 35.4 Å². The molecular weight excluding hydrogens is 361 g/mol. The Balaban J connectivity index is 2.14. The van der Waals surface area contributed by atoms with Crippen LogP contribution in [0.15, 0.2) is 54.1 Å². The van der Waals surface area contributed by atoms with E-state index in [0.29, 0.717) is 29.8 Å². The Morgan fingerprint density at radius 3 is 2.50 bits per heavy atom. The lowest BCUT2D eigenvalue weighted by molar-refractivity contribution is -0.139. The number of aliphatic hydroxyl groups excluding tert-OH is 1. The molecule has 1 heterocycles. The summed E-state index contributed by atoms with van der Waals surface area (Å²) in [5, 5.41) is 10.9. The number of ketones is 1. The Hall–Kier alpha value is -3.15. The van der Waals surface area contributed by atoms with Crippen molar-refractivity contribution in [1.29, 1.82) is 0 Å². The number of methoxy groups -OCH3 is 1. The molecule has 1 saturated heterocycles. The van der Waals surface area contributed by atoms with Gasteiger partial charge in [-0.2, -0.15) is 0 Å². The van der Waals surface area contributed by atoms with Crippen molar-refractivity contribution < 1.29 is 23.8 Å². The molecule has 146 valence electrons. The zero-order valence-corrected chi connectivity index (χ0v) is 15.8.